The van der Waals surface area contributed by atoms with Crippen LogP contribution in [0.25, 0.3) is 0 Å². The number of nitrogens with one attached hydrogen (secondary N) is 1. The number of likely N-dealkylation sites (tertiary alicyclic amines) is 1. The van der Waals surface area contributed by atoms with Gasteiger partial charge in [-0.15, -0.1) is 0 Å². The lowest BCUT2D eigenvalue weighted by molar-refractivity contribution is -0.137. The number of anilines is 3. The van der Waals surface area contributed by atoms with Crippen molar-refractivity contribution < 1.29 is 19.5 Å². The van der Waals surface area contributed by atoms with E-state index in [1.54, 1.807) is 0 Å². The summed E-state index contributed by atoms with van der Waals surface area (Å²) in [6.07, 6.45) is 3.46. The van der Waals surface area contributed by atoms with Crippen LogP contribution in [0.1, 0.15) is 36.8 Å². The van der Waals surface area contributed by atoms with Crippen molar-refractivity contribution in [1.82, 2.24) is 4.90 Å². The number of unbranched alkanes of at least 4 members (excludes halogenated alkanes) is 1. The minimum Gasteiger partial charge on any atom is -0.481 e. The molecule has 38 heavy (non-hydrogen) atoms. The van der Waals surface area contributed by atoms with E-state index in [1.807, 2.05) is 71.6 Å². The van der Waals surface area contributed by atoms with Crippen LogP contribution in [0.3, 0.4) is 0 Å². The largest absolute Gasteiger partial charge is 0.481 e. The number of carbonyl (C=O) groups excluding carboxylic acids is 2. The first-order valence-corrected chi connectivity index (χ1v) is 13.3. The summed E-state index contributed by atoms with van der Waals surface area (Å²) in [5.74, 6) is -1.21. The monoisotopic (exact) mass is 511 g/mol. The Balaban J connectivity index is 1.20. The van der Waals surface area contributed by atoms with E-state index in [0.29, 0.717) is 25.2 Å². The van der Waals surface area contributed by atoms with Gasteiger partial charge in [0.25, 0.3) is 0 Å². The molecule has 5 rings (SSSR count). The van der Waals surface area contributed by atoms with E-state index < -0.39 is 5.97 Å². The third kappa shape index (κ3) is 5.88. The first-order valence-electron chi connectivity index (χ1n) is 13.3. The SMILES string of the molecule is O=C(O)CCCCN(c1ccccc1)c1ccc(NC(=O)C2CC(=O)N(C3Cc4ccccc4C3)C2)cc1. The lowest BCUT2D eigenvalue weighted by Gasteiger charge is -2.25. The highest BCUT2D eigenvalue weighted by Gasteiger charge is 2.39. The van der Waals surface area contributed by atoms with Gasteiger partial charge in [0.15, 0.2) is 0 Å². The summed E-state index contributed by atoms with van der Waals surface area (Å²) in [7, 11) is 0. The molecule has 1 atom stereocenters. The summed E-state index contributed by atoms with van der Waals surface area (Å²) in [5, 5.41) is 11.9. The molecule has 7 nitrogen and oxygen atoms in total. The minimum atomic E-state index is -0.781. The van der Waals surface area contributed by atoms with Crippen molar-refractivity contribution in [3.05, 3.63) is 90.0 Å². The van der Waals surface area contributed by atoms with Gasteiger partial charge in [-0.25, -0.2) is 0 Å². The van der Waals surface area contributed by atoms with Gasteiger partial charge in [0.1, 0.15) is 0 Å². The molecule has 1 aliphatic heterocycles. The van der Waals surface area contributed by atoms with Crippen LogP contribution in [0.15, 0.2) is 78.9 Å². The van der Waals surface area contributed by atoms with E-state index in [4.69, 9.17) is 5.11 Å². The highest BCUT2D eigenvalue weighted by molar-refractivity contribution is 5.97. The molecule has 1 saturated heterocycles. The molecular weight excluding hydrogens is 478 g/mol. The predicted molar refractivity (Wildman–Crippen MR) is 147 cm³/mol. The zero-order valence-electron chi connectivity index (χ0n) is 21.4. The van der Waals surface area contributed by atoms with Crippen LogP contribution in [0, 0.1) is 5.92 Å². The molecular formula is C31H33N3O4. The molecule has 1 unspecified atom stereocenters. The van der Waals surface area contributed by atoms with Crippen LogP contribution in [0.2, 0.25) is 0 Å². The van der Waals surface area contributed by atoms with Gasteiger partial charge in [-0.3, -0.25) is 14.4 Å². The molecule has 0 aromatic heterocycles. The van der Waals surface area contributed by atoms with Crippen LogP contribution >= 0.6 is 0 Å². The van der Waals surface area contributed by atoms with Crippen molar-refractivity contribution in [2.24, 2.45) is 5.92 Å². The third-order valence-corrected chi connectivity index (χ3v) is 7.54. The van der Waals surface area contributed by atoms with Crippen LogP contribution in [0.4, 0.5) is 17.1 Å². The number of fused-ring (bicyclic) bond motifs is 1. The molecule has 2 amide bonds. The van der Waals surface area contributed by atoms with Gasteiger partial charge in [-0.1, -0.05) is 42.5 Å². The van der Waals surface area contributed by atoms with E-state index in [2.05, 4.69) is 22.3 Å². The second-order valence-corrected chi connectivity index (χ2v) is 10.2. The van der Waals surface area contributed by atoms with Crippen LogP contribution in [-0.2, 0) is 27.2 Å². The normalized spacial score (nSPS) is 16.9. The van der Waals surface area contributed by atoms with E-state index in [0.717, 1.165) is 30.6 Å². The first kappa shape index (κ1) is 25.5. The number of para-hydroxylation sites is 1. The molecule has 0 spiro atoms. The standard InChI is InChI=1S/C31H33N3O4/c35-29-20-24(21-34(29)28-18-22-8-4-5-9-23(22)19-28)31(38)32-25-13-15-27(16-14-25)33(17-7-6-12-30(36)37)26-10-2-1-3-11-26/h1-5,8-11,13-16,24,28H,6-7,12,17-21H2,(H,32,38)(H,36,37). The topological polar surface area (TPSA) is 90.0 Å². The molecule has 2 N–H and O–H groups in total. The van der Waals surface area contributed by atoms with Gasteiger partial charge >= 0.3 is 5.97 Å². The van der Waals surface area contributed by atoms with E-state index in [9.17, 15) is 14.4 Å². The average molecular weight is 512 g/mol. The number of rotatable bonds is 10. The molecule has 1 aliphatic carbocycles. The molecule has 0 bridgehead atoms. The van der Waals surface area contributed by atoms with E-state index >= 15 is 0 Å². The van der Waals surface area contributed by atoms with Gasteiger partial charge in [0.2, 0.25) is 11.8 Å². The lowest BCUT2D eigenvalue weighted by atomic mass is 10.1. The first-order chi connectivity index (χ1) is 18.5. The van der Waals surface area contributed by atoms with Crippen molar-refractivity contribution in [3.63, 3.8) is 0 Å². The Morgan fingerprint density at radius 2 is 1.47 bits per heavy atom. The molecule has 0 saturated carbocycles. The maximum atomic E-state index is 13.1. The van der Waals surface area contributed by atoms with Gasteiger partial charge in [0, 0.05) is 49.0 Å². The van der Waals surface area contributed by atoms with Crippen LogP contribution < -0.4 is 10.2 Å². The number of amides is 2. The molecule has 7 heteroatoms. The molecule has 2 aliphatic rings. The number of nitrogens with zero attached hydrogens (tertiary/aromatic N) is 2. The molecule has 3 aromatic carbocycles. The lowest BCUT2D eigenvalue weighted by Crippen LogP contribution is -2.38. The van der Waals surface area contributed by atoms with Gasteiger partial charge in [0.05, 0.1) is 5.92 Å². The fourth-order valence-electron chi connectivity index (χ4n) is 5.55. The summed E-state index contributed by atoms with van der Waals surface area (Å²) in [6.45, 7) is 1.15. The van der Waals surface area contributed by atoms with Gasteiger partial charge < -0.3 is 20.2 Å². The number of carboxylic acid groups (broad SMARTS) is 1. The van der Waals surface area contributed by atoms with Crippen molar-refractivity contribution in [2.75, 3.05) is 23.3 Å². The molecule has 196 valence electrons. The zero-order chi connectivity index (χ0) is 26.5. The summed E-state index contributed by atoms with van der Waals surface area (Å²) < 4.78 is 0. The number of carbonyl (C=O) groups is 3. The molecule has 1 heterocycles. The Labute approximate surface area is 223 Å². The van der Waals surface area contributed by atoms with Crippen molar-refractivity contribution in [2.45, 2.75) is 44.6 Å². The molecule has 0 radical (unpaired) electrons. The fraction of sp³-hybridized carbons (Fsp3) is 0.323. The predicted octanol–water partition coefficient (Wildman–Crippen LogP) is 5.03. The minimum absolute atomic E-state index is 0.0553. The fourth-order valence-corrected chi connectivity index (χ4v) is 5.55. The van der Waals surface area contributed by atoms with Gasteiger partial charge in [-0.05, 0) is 73.2 Å². The Hall–Kier alpha value is -4.13. The van der Waals surface area contributed by atoms with Gasteiger partial charge in [-0.2, -0.15) is 0 Å². The highest BCUT2D eigenvalue weighted by atomic mass is 16.4. The summed E-state index contributed by atoms with van der Waals surface area (Å²) in [4.78, 5) is 40.8. The molecule has 3 aromatic rings. The number of benzene rings is 3. The number of aliphatic carboxylic acids is 1. The van der Waals surface area contributed by atoms with Crippen molar-refractivity contribution in [1.29, 1.82) is 0 Å². The quantitative estimate of drug-likeness (QED) is 0.373. The molecule has 1 fully saturated rings. The van der Waals surface area contributed by atoms with Crippen LogP contribution in [-0.4, -0.2) is 46.9 Å². The second-order valence-electron chi connectivity index (χ2n) is 10.2. The zero-order valence-corrected chi connectivity index (χ0v) is 21.4. The Bertz CT molecular complexity index is 1270. The summed E-state index contributed by atoms with van der Waals surface area (Å²) >= 11 is 0. The number of carboxylic acids is 1. The number of hydrogen-bond donors (Lipinski definition) is 2. The second kappa shape index (κ2) is 11.5. The highest BCUT2D eigenvalue weighted by Crippen LogP contribution is 2.31. The maximum Gasteiger partial charge on any atom is 0.303 e. The Morgan fingerprint density at radius 3 is 2.13 bits per heavy atom. The summed E-state index contributed by atoms with van der Waals surface area (Å²) in [6, 6.07) is 26.1. The average Bonchev–Trinajstić information content (AvgIpc) is 3.53. The van der Waals surface area contributed by atoms with E-state index in [1.165, 1.54) is 11.1 Å². The Morgan fingerprint density at radius 1 is 0.842 bits per heavy atom. The summed E-state index contributed by atoms with van der Waals surface area (Å²) in [5.41, 5.74) is 5.28. The Kier molecular flexibility index (Phi) is 7.73. The van der Waals surface area contributed by atoms with Crippen molar-refractivity contribution in [3.8, 4) is 0 Å². The maximum absolute atomic E-state index is 13.1. The number of hydrogen-bond acceptors (Lipinski definition) is 4. The smallest absolute Gasteiger partial charge is 0.303 e. The van der Waals surface area contributed by atoms with E-state index in [-0.39, 0.29) is 36.6 Å². The third-order valence-electron chi connectivity index (χ3n) is 7.54. The van der Waals surface area contributed by atoms with Crippen molar-refractivity contribution >= 4 is 34.8 Å². The van der Waals surface area contributed by atoms with Crippen LogP contribution in [0.5, 0.6) is 0 Å².